The van der Waals surface area contributed by atoms with Crippen molar-refractivity contribution in [1.29, 1.82) is 0 Å². The summed E-state index contributed by atoms with van der Waals surface area (Å²) < 4.78 is 6.06. The first-order chi connectivity index (χ1) is 9.49. The Kier molecular flexibility index (Phi) is 8.08. The number of rotatable bonds is 9. The highest BCUT2D eigenvalue weighted by Gasteiger charge is 2.25. The van der Waals surface area contributed by atoms with Gasteiger partial charge in [-0.1, -0.05) is 20.8 Å². The van der Waals surface area contributed by atoms with E-state index in [9.17, 15) is 5.11 Å². The van der Waals surface area contributed by atoms with E-state index < -0.39 is 0 Å². The van der Waals surface area contributed by atoms with Crippen molar-refractivity contribution in [2.24, 2.45) is 11.8 Å². The maximum atomic E-state index is 9.53. The van der Waals surface area contributed by atoms with Crippen LogP contribution in [0.2, 0.25) is 0 Å². The summed E-state index contributed by atoms with van der Waals surface area (Å²) >= 11 is 0. The standard InChI is InChI=1S/C17H35NO2/c1-5-8-18-17(4,13-19)7-6-9-20-16-11-14(2)10-15(3)12-16/h14-16,18-19H,5-13H2,1-4H3. The molecule has 0 radical (unpaired) electrons. The minimum absolute atomic E-state index is 0.146. The largest absolute Gasteiger partial charge is 0.394 e. The predicted molar refractivity (Wildman–Crippen MR) is 84.9 cm³/mol. The van der Waals surface area contributed by atoms with Crippen LogP contribution in [-0.2, 0) is 4.74 Å². The Morgan fingerprint density at radius 1 is 1.20 bits per heavy atom. The second kappa shape index (κ2) is 9.01. The van der Waals surface area contributed by atoms with Gasteiger partial charge in [-0.05, 0) is 63.8 Å². The fraction of sp³-hybridized carbons (Fsp3) is 1.00. The van der Waals surface area contributed by atoms with Gasteiger partial charge in [-0.25, -0.2) is 0 Å². The van der Waals surface area contributed by atoms with Gasteiger partial charge in [-0.15, -0.1) is 0 Å². The number of ether oxygens (including phenoxy) is 1. The van der Waals surface area contributed by atoms with Gasteiger partial charge < -0.3 is 15.2 Å². The van der Waals surface area contributed by atoms with E-state index in [1.807, 2.05) is 0 Å². The highest BCUT2D eigenvalue weighted by Crippen LogP contribution is 2.30. The lowest BCUT2D eigenvalue weighted by Crippen LogP contribution is -2.46. The van der Waals surface area contributed by atoms with Gasteiger partial charge in [0.2, 0.25) is 0 Å². The second-order valence-electron chi connectivity index (χ2n) is 7.16. The Morgan fingerprint density at radius 3 is 2.40 bits per heavy atom. The predicted octanol–water partition coefficient (Wildman–Crippen LogP) is 3.36. The fourth-order valence-corrected chi connectivity index (χ4v) is 3.37. The van der Waals surface area contributed by atoms with Crippen LogP contribution in [0.5, 0.6) is 0 Å². The summed E-state index contributed by atoms with van der Waals surface area (Å²) in [6.45, 7) is 10.9. The molecule has 0 aromatic carbocycles. The number of hydrogen-bond acceptors (Lipinski definition) is 3. The van der Waals surface area contributed by atoms with Crippen LogP contribution < -0.4 is 5.32 Å². The molecule has 0 saturated heterocycles. The number of aliphatic hydroxyl groups excluding tert-OH is 1. The molecule has 2 N–H and O–H groups in total. The van der Waals surface area contributed by atoms with E-state index in [4.69, 9.17) is 4.74 Å². The van der Waals surface area contributed by atoms with E-state index in [0.717, 1.165) is 44.2 Å². The summed E-state index contributed by atoms with van der Waals surface area (Å²) in [5, 5.41) is 13.0. The third-order valence-electron chi connectivity index (χ3n) is 4.51. The molecule has 20 heavy (non-hydrogen) atoms. The zero-order valence-corrected chi connectivity index (χ0v) is 14.0. The molecule has 0 aromatic rings. The van der Waals surface area contributed by atoms with Crippen LogP contribution in [0.1, 0.15) is 66.2 Å². The smallest absolute Gasteiger partial charge is 0.0610 e. The minimum Gasteiger partial charge on any atom is -0.394 e. The molecule has 3 unspecified atom stereocenters. The van der Waals surface area contributed by atoms with E-state index in [0.29, 0.717) is 6.10 Å². The molecule has 3 nitrogen and oxygen atoms in total. The second-order valence-corrected chi connectivity index (χ2v) is 7.16. The maximum absolute atomic E-state index is 9.53. The molecule has 0 aliphatic heterocycles. The van der Waals surface area contributed by atoms with E-state index in [1.54, 1.807) is 0 Å². The zero-order valence-electron chi connectivity index (χ0n) is 14.0. The summed E-state index contributed by atoms with van der Waals surface area (Å²) in [5.41, 5.74) is -0.146. The first-order valence-electron chi connectivity index (χ1n) is 8.46. The van der Waals surface area contributed by atoms with Crippen LogP contribution in [0.3, 0.4) is 0 Å². The number of nitrogens with one attached hydrogen (secondary N) is 1. The molecule has 0 heterocycles. The van der Waals surface area contributed by atoms with Crippen LogP contribution in [0.25, 0.3) is 0 Å². The van der Waals surface area contributed by atoms with Crippen LogP contribution in [0.15, 0.2) is 0 Å². The number of hydrogen-bond donors (Lipinski definition) is 2. The Hall–Kier alpha value is -0.120. The van der Waals surface area contributed by atoms with Gasteiger partial charge in [0.25, 0.3) is 0 Å². The SMILES string of the molecule is CCCNC(C)(CO)CCCOC1CC(C)CC(C)C1. The molecular formula is C17H35NO2. The number of aliphatic hydroxyl groups is 1. The molecule has 3 atom stereocenters. The van der Waals surface area contributed by atoms with Crippen molar-refractivity contribution in [3.05, 3.63) is 0 Å². The van der Waals surface area contributed by atoms with Crippen molar-refractivity contribution in [3.63, 3.8) is 0 Å². The molecule has 0 bridgehead atoms. The molecule has 0 aromatic heterocycles. The zero-order chi connectivity index (χ0) is 15.0. The van der Waals surface area contributed by atoms with Gasteiger partial charge in [0.05, 0.1) is 12.7 Å². The highest BCUT2D eigenvalue weighted by atomic mass is 16.5. The normalized spacial score (nSPS) is 30.1. The Morgan fingerprint density at radius 2 is 1.85 bits per heavy atom. The lowest BCUT2D eigenvalue weighted by atomic mass is 9.82. The molecule has 3 heteroatoms. The lowest BCUT2D eigenvalue weighted by Gasteiger charge is -2.32. The van der Waals surface area contributed by atoms with E-state index in [-0.39, 0.29) is 12.1 Å². The molecule has 1 fully saturated rings. The summed E-state index contributed by atoms with van der Waals surface area (Å²) in [7, 11) is 0. The van der Waals surface area contributed by atoms with Crippen molar-refractivity contribution in [2.45, 2.75) is 77.9 Å². The third kappa shape index (κ3) is 6.55. The van der Waals surface area contributed by atoms with E-state index in [2.05, 4.69) is 33.0 Å². The monoisotopic (exact) mass is 285 g/mol. The molecular weight excluding hydrogens is 250 g/mol. The Labute approximate surface area is 125 Å². The summed E-state index contributed by atoms with van der Waals surface area (Å²) in [6.07, 6.45) is 7.34. The maximum Gasteiger partial charge on any atom is 0.0610 e. The molecule has 0 amide bonds. The van der Waals surface area contributed by atoms with Crippen molar-refractivity contribution in [3.8, 4) is 0 Å². The minimum atomic E-state index is -0.146. The van der Waals surface area contributed by atoms with Crippen LogP contribution in [-0.4, -0.2) is 36.5 Å². The van der Waals surface area contributed by atoms with Crippen molar-refractivity contribution in [1.82, 2.24) is 5.32 Å². The molecule has 1 rings (SSSR count). The van der Waals surface area contributed by atoms with Gasteiger partial charge in [0.15, 0.2) is 0 Å². The van der Waals surface area contributed by atoms with Crippen molar-refractivity contribution in [2.75, 3.05) is 19.8 Å². The van der Waals surface area contributed by atoms with Gasteiger partial charge in [-0.2, -0.15) is 0 Å². The van der Waals surface area contributed by atoms with Crippen LogP contribution in [0, 0.1) is 11.8 Å². The van der Waals surface area contributed by atoms with E-state index >= 15 is 0 Å². The van der Waals surface area contributed by atoms with Crippen LogP contribution in [0.4, 0.5) is 0 Å². The van der Waals surface area contributed by atoms with Gasteiger partial charge in [0, 0.05) is 12.1 Å². The lowest BCUT2D eigenvalue weighted by molar-refractivity contribution is -0.00351. The van der Waals surface area contributed by atoms with Gasteiger partial charge in [-0.3, -0.25) is 0 Å². The summed E-state index contributed by atoms with van der Waals surface area (Å²) in [4.78, 5) is 0. The average Bonchev–Trinajstić information content (AvgIpc) is 2.40. The molecule has 1 aliphatic carbocycles. The first-order valence-corrected chi connectivity index (χ1v) is 8.46. The molecule has 120 valence electrons. The van der Waals surface area contributed by atoms with Crippen LogP contribution >= 0.6 is 0 Å². The Bertz CT molecular complexity index is 249. The third-order valence-corrected chi connectivity index (χ3v) is 4.51. The quantitative estimate of drug-likeness (QED) is 0.638. The van der Waals surface area contributed by atoms with Crippen molar-refractivity contribution < 1.29 is 9.84 Å². The average molecular weight is 285 g/mol. The Balaban J connectivity index is 2.19. The summed E-state index contributed by atoms with van der Waals surface area (Å²) in [6, 6.07) is 0. The van der Waals surface area contributed by atoms with Gasteiger partial charge >= 0.3 is 0 Å². The fourth-order valence-electron chi connectivity index (χ4n) is 3.37. The molecule has 0 spiro atoms. The van der Waals surface area contributed by atoms with Gasteiger partial charge in [0.1, 0.15) is 0 Å². The first kappa shape index (κ1) is 17.9. The highest BCUT2D eigenvalue weighted by molar-refractivity contribution is 4.82. The summed E-state index contributed by atoms with van der Waals surface area (Å²) in [5.74, 6) is 1.61. The molecule has 1 saturated carbocycles. The molecule has 1 aliphatic rings. The van der Waals surface area contributed by atoms with E-state index in [1.165, 1.54) is 19.3 Å². The van der Waals surface area contributed by atoms with Crippen molar-refractivity contribution >= 4 is 0 Å². The topological polar surface area (TPSA) is 41.5 Å².